The van der Waals surface area contributed by atoms with Crippen LogP contribution in [0.5, 0.6) is 0 Å². The summed E-state index contributed by atoms with van der Waals surface area (Å²) >= 11 is 0. The molecule has 4 N–H and O–H groups in total. The first kappa shape index (κ1) is 38.0. The molecular formula is C31H44O18. The molecule has 276 valence electrons. The summed E-state index contributed by atoms with van der Waals surface area (Å²) < 4.78 is 58.1. The SMILES string of the molecule is C.CC1(C)OC2=C(O1)[C@@H]([C@@H](O)CO)OC2=O.CC1(C)OC2=C(O1)[C@@H]([C@@H]1COC(C)(C)O1)OC2=O.CC1(C)OC[C@@H]([C@H]2OC(=O)C(O)=C2O)O1. The number of rotatable bonds is 4. The lowest BCUT2D eigenvalue weighted by atomic mass is 10.2. The van der Waals surface area contributed by atoms with Crippen LogP contribution in [0, 0.1) is 0 Å². The molecule has 0 aliphatic carbocycles. The summed E-state index contributed by atoms with van der Waals surface area (Å²) in [6.45, 7) is 13.9. The Morgan fingerprint density at radius 1 is 0.653 bits per heavy atom. The number of aliphatic hydroxyl groups excluding tert-OH is 4. The van der Waals surface area contributed by atoms with E-state index >= 15 is 0 Å². The van der Waals surface area contributed by atoms with E-state index in [-0.39, 0.29) is 37.4 Å². The quantitative estimate of drug-likeness (QED) is 0.239. The van der Waals surface area contributed by atoms with Crippen LogP contribution in [-0.4, -0.2) is 118 Å². The molecule has 2 fully saturated rings. The molecule has 0 radical (unpaired) electrons. The molecule has 6 atom stereocenters. The van der Waals surface area contributed by atoms with Crippen molar-refractivity contribution in [2.75, 3.05) is 19.8 Å². The van der Waals surface area contributed by atoms with Gasteiger partial charge in [-0.25, -0.2) is 14.4 Å². The van der Waals surface area contributed by atoms with Gasteiger partial charge >= 0.3 is 17.9 Å². The molecular weight excluding hydrogens is 660 g/mol. The molecule has 0 saturated carbocycles. The van der Waals surface area contributed by atoms with Gasteiger partial charge in [0.25, 0.3) is 11.5 Å². The normalized spacial score (nSPS) is 32.9. The minimum atomic E-state index is -1.20. The summed E-state index contributed by atoms with van der Waals surface area (Å²) in [7, 11) is 0. The Morgan fingerprint density at radius 3 is 1.55 bits per heavy atom. The van der Waals surface area contributed by atoms with E-state index in [2.05, 4.69) is 0 Å². The van der Waals surface area contributed by atoms with Gasteiger partial charge in [0.1, 0.15) is 18.3 Å². The zero-order valence-corrected chi connectivity index (χ0v) is 27.6. The predicted molar refractivity (Wildman–Crippen MR) is 158 cm³/mol. The van der Waals surface area contributed by atoms with E-state index in [1.807, 2.05) is 13.8 Å². The van der Waals surface area contributed by atoms with Crippen molar-refractivity contribution in [3.05, 3.63) is 34.6 Å². The Balaban J connectivity index is 0.000000165. The second-order valence-electron chi connectivity index (χ2n) is 13.3. The molecule has 49 heavy (non-hydrogen) atoms. The fraction of sp³-hybridized carbons (Fsp3) is 0.710. The number of carbonyl (C=O) groups is 3. The van der Waals surface area contributed by atoms with Crippen molar-refractivity contribution < 1.29 is 86.9 Å². The molecule has 7 aliphatic heterocycles. The van der Waals surface area contributed by atoms with Gasteiger partial charge in [-0.05, 0) is 27.7 Å². The molecule has 7 heterocycles. The summed E-state index contributed by atoms with van der Waals surface area (Å²) in [5.41, 5.74) is 0. The van der Waals surface area contributed by atoms with Gasteiger partial charge in [-0.1, -0.05) is 7.43 Å². The summed E-state index contributed by atoms with van der Waals surface area (Å²) in [6, 6.07) is 0. The molecule has 0 aromatic heterocycles. The Hall–Kier alpha value is -3.81. The third-order valence-electron chi connectivity index (χ3n) is 7.42. The standard InChI is InChI=1S/C12H16O6.2C9H12O6.CH4/c1-11(2)14-5-6(16-11)7-8-9(10(13)15-7)18-12(3,4)17-8;1-9(2)13-3-4(15-9)7-5(10)6(11)8(12)14-7;1-9(2)14-6-5(4(11)3-10)13-8(12)7(6)15-9;/h6-7H,5H2,1-4H3;4,7,10-11H,3H2,1-2H3;4-5,10-11H,3H2,1-2H3;1H4/t6-,7+;4-,7+;4-,5+;/m000./s1. The third kappa shape index (κ3) is 7.84. The van der Waals surface area contributed by atoms with Gasteiger partial charge in [0.05, 0.1) is 19.8 Å². The fourth-order valence-electron chi connectivity index (χ4n) is 5.40. The van der Waals surface area contributed by atoms with Crippen LogP contribution in [0.4, 0.5) is 0 Å². The number of cyclic esters (lactones) is 3. The average molecular weight is 705 g/mol. The molecule has 7 rings (SSSR count). The van der Waals surface area contributed by atoms with E-state index in [1.165, 1.54) is 0 Å². The average Bonchev–Trinajstić information content (AvgIpc) is 3.83. The topological polar surface area (TPSA) is 234 Å². The van der Waals surface area contributed by atoms with Crippen molar-refractivity contribution in [3.63, 3.8) is 0 Å². The van der Waals surface area contributed by atoms with Crippen LogP contribution in [0.25, 0.3) is 0 Å². The largest absolute Gasteiger partial charge is 0.505 e. The smallest absolute Gasteiger partial charge is 0.378 e. The van der Waals surface area contributed by atoms with E-state index < -0.39 is 89.7 Å². The van der Waals surface area contributed by atoms with Gasteiger partial charge in [0.2, 0.25) is 17.3 Å². The van der Waals surface area contributed by atoms with Crippen LogP contribution in [-0.2, 0) is 66.5 Å². The molecule has 2 saturated heterocycles. The zero-order valence-electron chi connectivity index (χ0n) is 27.6. The van der Waals surface area contributed by atoms with Gasteiger partial charge in [0, 0.05) is 27.7 Å². The molecule has 18 nitrogen and oxygen atoms in total. The second kappa shape index (κ2) is 13.1. The zero-order chi connectivity index (χ0) is 35.6. The Bertz CT molecular complexity index is 1440. The number of ether oxygens (including phenoxy) is 11. The lowest BCUT2D eigenvalue weighted by molar-refractivity contribution is -0.185. The maximum Gasteiger partial charge on any atom is 0.378 e. The van der Waals surface area contributed by atoms with Crippen LogP contribution in [0.2, 0.25) is 0 Å². The van der Waals surface area contributed by atoms with Crippen molar-refractivity contribution >= 4 is 17.9 Å². The Morgan fingerprint density at radius 2 is 1.10 bits per heavy atom. The fourth-order valence-corrected chi connectivity index (χ4v) is 5.40. The van der Waals surface area contributed by atoms with Gasteiger partial charge < -0.3 is 72.5 Å². The van der Waals surface area contributed by atoms with Gasteiger partial charge in [-0.3, -0.25) is 0 Å². The Kier molecular flexibility index (Phi) is 10.2. The number of carbonyl (C=O) groups excluding carboxylic acids is 3. The minimum Gasteiger partial charge on any atom is -0.505 e. The minimum absolute atomic E-state index is 0. The molecule has 0 aromatic carbocycles. The highest BCUT2D eigenvalue weighted by molar-refractivity contribution is 5.91. The van der Waals surface area contributed by atoms with Crippen LogP contribution in [0.3, 0.4) is 0 Å². The summed E-state index contributed by atoms with van der Waals surface area (Å²) in [4.78, 5) is 33.9. The first-order valence-corrected chi connectivity index (χ1v) is 15.0. The highest BCUT2D eigenvalue weighted by Gasteiger charge is 2.54. The van der Waals surface area contributed by atoms with Gasteiger partial charge in [0.15, 0.2) is 47.2 Å². The third-order valence-corrected chi connectivity index (χ3v) is 7.42. The molecule has 0 amide bonds. The molecule has 0 aromatic rings. The molecule has 7 aliphatic rings. The number of hydrogen-bond acceptors (Lipinski definition) is 18. The number of hydrogen-bond donors (Lipinski definition) is 4. The van der Waals surface area contributed by atoms with Crippen molar-refractivity contribution in [1.29, 1.82) is 0 Å². The van der Waals surface area contributed by atoms with Crippen molar-refractivity contribution in [1.82, 2.24) is 0 Å². The van der Waals surface area contributed by atoms with Crippen molar-refractivity contribution in [2.24, 2.45) is 0 Å². The van der Waals surface area contributed by atoms with Crippen LogP contribution in [0.15, 0.2) is 34.6 Å². The first-order valence-electron chi connectivity index (χ1n) is 15.0. The van der Waals surface area contributed by atoms with Gasteiger partial charge in [-0.2, -0.15) is 0 Å². The second-order valence-corrected chi connectivity index (χ2v) is 13.3. The molecule has 0 unspecified atom stereocenters. The van der Waals surface area contributed by atoms with Crippen LogP contribution >= 0.6 is 0 Å². The summed E-state index contributed by atoms with van der Waals surface area (Å²) in [6.07, 6.45) is -4.68. The van der Waals surface area contributed by atoms with E-state index in [0.29, 0.717) is 12.4 Å². The van der Waals surface area contributed by atoms with Crippen molar-refractivity contribution in [2.45, 2.75) is 123 Å². The predicted octanol–water partition coefficient (Wildman–Crippen LogP) is 1.34. The van der Waals surface area contributed by atoms with Crippen molar-refractivity contribution in [3.8, 4) is 0 Å². The molecule has 18 heteroatoms. The summed E-state index contributed by atoms with van der Waals surface area (Å²) in [5, 5.41) is 36.7. The highest BCUT2D eigenvalue weighted by atomic mass is 16.8. The Labute approximate surface area is 282 Å². The first-order chi connectivity index (χ1) is 22.1. The monoisotopic (exact) mass is 704 g/mol. The van der Waals surface area contributed by atoms with Gasteiger partial charge in [-0.15, -0.1) is 0 Å². The summed E-state index contributed by atoms with van der Waals surface area (Å²) in [5.74, 6) is -5.87. The lowest BCUT2D eigenvalue weighted by Gasteiger charge is -2.25. The maximum atomic E-state index is 11.7. The van der Waals surface area contributed by atoms with E-state index in [9.17, 15) is 24.6 Å². The maximum absolute atomic E-state index is 11.7. The van der Waals surface area contributed by atoms with E-state index in [1.54, 1.807) is 41.5 Å². The number of aliphatic hydroxyl groups is 4. The van der Waals surface area contributed by atoms with E-state index in [4.69, 9.17) is 62.3 Å². The van der Waals surface area contributed by atoms with E-state index in [0.717, 1.165) is 0 Å². The lowest BCUT2D eigenvalue weighted by Crippen LogP contribution is -2.35. The molecule has 0 bridgehead atoms. The highest BCUT2D eigenvalue weighted by Crippen LogP contribution is 2.42. The number of esters is 3. The molecule has 0 spiro atoms. The van der Waals surface area contributed by atoms with Crippen LogP contribution in [0.1, 0.15) is 62.8 Å². The van der Waals surface area contributed by atoms with Crippen LogP contribution < -0.4 is 0 Å².